The minimum atomic E-state index is -0.250. The third kappa shape index (κ3) is 4.09. The van der Waals surface area contributed by atoms with E-state index in [9.17, 15) is 0 Å². The molecule has 2 aromatic heterocycles. The van der Waals surface area contributed by atoms with E-state index in [0.29, 0.717) is 5.92 Å². The molecule has 30 heavy (non-hydrogen) atoms. The van der Waals surface area contributed by atoms with Crippen molar-refractivity contribution in [1.82, 2.24) is 10.1 Å². The van der Waals surface area contributed by atoms with Crippen LogP contribution in [0.4, 0.5) is 0 Å². The van der Waals surface area contributed by atoms with E-state index in [2.05, 4.69) is 28.3 Å². The lowest BCUT2D eigenvalue weighted by molar-refractivity contribution is -0.122. The van der Waals surface area contributed by atoms with E-state index in [1.54, 1.807) is 0 Å². The maximum Gasteiger partial charge on any atom is 0.290 e. The fourth-order valence-corrected chi connectivity index (χ4v) is 3.82. The maximum atomic E-state index is 8.36. The zero-order valence-corrected chi connectivity index (χ0v) is 16.4. The maximum absolute atomic E-state index is 8.36. The van der Waals surface area contributed by atoms with E-state index >= 15 is 0 Å². The van der Waals surface area contributed by atoms with Crippen molar-refractivity contribution in [3.63, 3.8) is 0 Å². The molecule has 2 aromatic carbocycles. The Balaban J connectivity index is 0.000000687. The fourth-order valence-electron chi connectivity index (χ4n) is 3.82. The van der Waals surface area contributed by atoms with Crippen molar-refractivity contribution >= 4 is 17.4 Å². The normalized spacial score (nSPS) is 14.0. The molecule has 4 aromatic rings. The van der Waals surface area contributed by atoms with E-state index in [1.807, 2.05) is 48.7 Å². The van der Waals surface area contributed by atoms with E-state index in [1.165, 1.54) is 18.4 Å². The van der Waals surface area contributed by atoms with Gasteiger partial charge < -0.3 is 15.4 Å². The van der Waals surface area contributed by atoms with Gasteiger partial charge in [0.25, 0.3) is 6.47 Å². The third-order valence-corrected chi connectivity index (χ3v) is 5.35. The second-order valence-corrected chi connectivity index (χ2v) is 7.34. The van der Waals surface area contributed by atoms with Gasteiger partial charge in [0.2, 0.25) is 0 Å². The molecule has 0 amide bonds. The first-order valence-corrected chi connectivity index (χ1v) is 9.94. The highest BCUT2D eigenvalue weighted by molar-refractivity contribution is 5.92. The van der Waals surface area contributed by atoms with Crippen molar-refractivity contribution in [1.29, 1.82) is 0 Å². The van der Waals surface area contributed by atoms with Crippen LogP contribution >= 0.6 is 0 Å². The standard InChI is InChI=1S/C23H21N3O.CH2O2/c24-20(14-21-16(15-11-12-15)9-5-13-25-21)17-6-1-2-7-18(17)23-19-8-3-4-10-22(19)27-26-23;2-1-3/h1-10,13,15,20H,11-12,14,24H2;1H,(H,2,3). The summed E-state index contributed by atoms with van der Waals surface area (Å²) in [6.07, 6.45) is 5.11. The van der Waals surface area contributed by atoms with Gasteiger partial charge >= 0.3 is 0 Å². The van der Waals surface area contributed by atoms with E-state index < -0.39 is 0 Å². The minimum Gasteiger partial charge on any atom is -0.483 e. The van der Waals surface area contributed by atoms with Crippen LogP contribution in [0.3, 0.4) is 0 Å². The number of fused-ring (bicyclic) bond motifs is 1. The van der Waals surface area contributed by atoms with Gasteiger partial charge in [-0.05, 0) is 48.1 Å². The summed E-state index contributed by atoms with van der Waals surface area (Å²) in [5.74, 6) is 0.663. The summed E-state index contributed by atoms with van der Waals surface area (Å²) in [5.41, 5.74) is 12.9. The molecule has 1 aliphatic rings. The van der Waals surface area contributed by atoms with Crippen LogP contribution in [0.1, 0.15) is 41.6 Å². The highest BCUT2D eigenvalue weighted by atomic mass is 16.5. The van der Waals surface area contributed by atoms with Gasteiger partial charge in [0.1, 0.15) is 5.69 Å². The van der Waals surface area contributed by atoms with Gasteiger partial charge in [-0.1, -0.05) is 47.6 Å². The summed E-state index contributed by atoms with van der Waals surface area (Å²) >= 11 is 0. The van der Waals surface area contributed by atoms with Crippen LogP contribution in [0.25, 0.3) is 22.2 Å². The fraction of sp³-hybridized carbons (Fsp3) is 0.208. The summed E-state index contributed by atoms with van der Waals surface area (Å²) in [6, 6.07) is 20.2. The van der Waals surface area contributed by atoms with Crippen LogP contribution in [0, 0.1) is 0 Å². The topological polar surface area (TPSA) is 102 Å². The smallest absolute Gasteiger partial charge is 0.290 e. The lowest BCUT2D eigenvalue weighted by Gasteiger charge is -2.17. The number of benzene rings is 2. The van der Waals surface area contributed by atoms with E-state index in [4.69, 9.17) is 20.2 Å². The molecule has 0 aliphatic heterocycles. The number of hydrogen-bond acceptors (Lipinski definition) is 5. The lowest BCUT2D eigenvalue weighted by Crippen LogP contribution is -2.16. The van der Waals surface area contributed by atoms with Gasteiger partial charge in [-0.15, -0.1) is 0 Å². The Hall–Kier alpha value is -3.51. The molecular weight excluding hydrogens is 378 g/mol. The van der Waals surface area contributed by atoms with Crippen LogP contribution in [-0.2, 0) is 11.2 Å². The van der Waals surface area contributed by atoms with Gasteiger partial charge in [0, 0.05) is 35.3 Å². The Bertz CT molecular complexity index is 1150. The van der Waals surface area contributed by atoms with Gasteiger partial charge in [-0.3, -0.25) is 9.78 Å². The highest BCUT2D eigenvalue weighted by Crippen LogP contribution is 2.42. The van der Waals surface area contributed by atoms with Crippen molar-refractivity contribution in [2.45, 2.75) is 31.2 Å². The number of pyridine rings is 1. The number of nitrogens with two attached hydrogens (primary N) is 1. The molecule has 0 saturated heterocycles. The number of hydrogen-bond donors (Lipinski definition) is 2. The molecule has 0 radical (unpaired) electrons. The van der Waals surface area contributed by atoms with Gasteiger partial charge in [-0.25, -0.2) is 0 Å². The molecule has 1 fully saturated rings. The van der Waals surface area contributed by atoms with Crippen LogP contribution in [-0.4, -0.2) is 21.7 Å². The van der Waals surface area contributed by atoms with Crippen molar-refractivity contribution in [2.75, 3.05) is 0 Å². The Labute approximate surface area is 174 Å². The number of aromatic nitrogens is 2. The van der Waals surface area contributed by atoms with Gasteiger partial charge in [0.15, 0.2) is 5.58 Å². The molecule has 5 rings (SSSR count). The SMILES string of the molecule is NC(Cc1ncccc1C1CC1)c1ccccc1-c1noc2ccccc12.O=CO. The minimum absolute atomic E-state index is 0.149. The Morgan fingerprint density at radius 1 is 1.10 bits per heavy atom. The predicted octanol–water partition coefficient (Wildman–Crippen LogP) is 4.71. The molecule has 2 heterocycles. The highest BCUT2D eigenvalue weighted by Gasteiger charge is 2.27. The monoisotopic (exact) mass is 401 g/mol. The average molecular weight is 401 g/mol. The summed E-state index contributed by atoms with van der Waals surface area (Å²) in [5, 5.41) is 12.2. The van der Waals surface area contributed by atoms with Crippen molar-refractivity contribution in [2.24, 2.45) is 5.73 Å². The van der Waals surface area contributed by atoms with Crippen molar-refractivity contribution in [3.05, 3.63) is 83.7 Å². The van der Waals surface area contributed by atoms with Crippen LogP contribution < -0.4 is 5.73 Å². The Kier molecular flexibility index (Phi) is 5.86. The van der Waals surface area contributed by atoms with Crippen molar-refractivity contribution in [3.8, 4) is 11.3 Å². The summed E-state index contributed by atoms with van der Waals surface area (Å²) in [4.78, 5) is 13.0. The largest absolute Gasteiger partial charge is 0.483 e. The first-order chi connectivity index (χ1) is 14.7. The van der Waals surface area contributed by atoms with E-state index in [-0.39, 0.29) is 12.5 Å². The van der Waals surface area contributed by atoms with E-state index in [0.717, 1.165) is 39.9 Å². The van der Waals surface area contributed by atoms with Crippen LogP contribution in [0.15, 0.2) is 71.4 Å². The number of para-hydroxylation sites is 1. The average Bonchev–Trinajstić information content (AvgIpc) is 3.53. The molecule has 1 unspecified atom stereocenters. The molecule has 1 saturated carbocycles. The van der Waals surface area contributed by atoms with Gasteiger partial charge in [0.05, 0.1) is 0 Å². The Morgan fingerprint density at radius 3 is 2.63 bits per heavy atom. The summed E-state index contributed by atoms with van der Waals surface area (Å²) in [6.45, 7) is -0.250. The zero-order chi connectivity index (χ0) is 20.9. The number of rotatable bonds is 5. The quantitative estimate of drug-likeness (QED) is 0.470. The second kappa shape index (κ2) is 8.88. The molecular formula is C24H23N3O3. The lowest BCUT2D eigenvalue weighted by atomic mass is 9.93. The predicted molar refractivity (Wildman–Crippen MR) is 115 cm³/mol. The van der Waals surface area contributed by atoms with Gasteiger partial charge in [-0.2, -0.15) is 0 Å². The molecule has 1 aliphatic carbocycles. The third-order valence-electron chi connectivity index (χ3n) is 5.35. The Morgan fingerprint density at radius 2 is 1.83 bits per heavy atom. The number of nitrogens with zero attached hydrogens (tertiary/aromatic N) is 2. The summed E-state index contributed by atoms with van der Waals surface area (Å²) < 4.78 is 5.51. The second-order valence-electron chi connectivity index (χ2n) is 7.34. The van der Waals surface area contributed by atoms with Crippen molar-refractivity contribution < 1.29 is 14.4 Å². The number of carbonyl (C=O) groups is 1. The van der Waals surface area contributed by atoms with Crippen LogP contribution in [0.2, 0.25) is 0 Å². The molecule has 6 nitrogen and oxygen atoms in total. The first kappa shape index (κ1) is 19.8. The first-order valence-electron chi connectivity index (χ1n) is 9.94. The summed E-state index contributed by atoms with van der Waals surface area (Å²) in [7, 11) is 0. The molecule has 3 N–H and O–H groups in total. The molecule has 6 heteroatoms. The zero-order valence-electron chi connectivity index (χ0n) is 16.4. The van der Waals surface area contributed by atoms with Crippen LogP contribution in [0.5, 0.6) is 0 Å². The molecule has 152 valence electrons. The molecule has 1 atom stereocenters. The number of carboxylic acid groups (broad SMARTS) is 1. The molecule has 0 bridgehead atoms. The molecule has 0 spiro atoms.